The zero-order valence-corrected chi connectivity index (χ0v) is 10.8. The van der Waals surface area contributed by atoms with E-state index >= 15 is 0 Å². The van der Waals surface area contributed by atoms with Gasteiger partial charge in [-0.15, -0.1) is 10.2 Å². The van der Waals surface area contributed by atoms with Gasteiger partial charge in [0.25, 0.3) is 5.91 Å². The highest BCUT2D eigenvalue weighted by molar-refractivity contribution is 7.11. The molecule has 8 nitrogen and oxygen atoms in total. The predicted molar refractivity (Wildman–Crippen MR) is 68.2 cm³/mol. The number of carbonyl (C=O) groups excluding carboxylic acids is 1. The SMILES string of the molecule is CNC(=O)c1c(N)nsc1NCc1nncn1C. The Balaban J connectivity index is 2.15. The van der Waals surface area contributed by atoms with Crippen LogP contribution in [0.4, 0.5) is 10.8 Å². The van der Waals surface area contributed by atoms with Gasteiger partial charge in [0.15, 0.2) is 11.6 Å². The van der Waals surface area contributed by atoms with Crippen LogP contribution in [0.3, 0.4) is 0 Å². The summed E-state index contributed by atoms with van der Waals surface area (Å²) in [4.78, 5) is 11.6. The Kier molecular flexibility index (Phi) is 3.42. The number of nitrogens with zero attached hydrogens (tertiary/aromatic N) is 4. The number of anilines is 2. The van der Waals surface area contributed by atoms with Gasteiger partial charge in [-0.25, -0.2) is 0 Å². The maximum atomic E-state index is 11.6. The molecule has 0 saturated heterocycles. The van der Waals surface area contributed by atoms with Gasteiger partial charge in [-0.05, 0) is 11.5 Å². The van der Waals surface area contributed by atoms with Crippen LogP contribution in [0.15, 0.2) is 6.33 Å². The maximum absolute atomic E-state index is 11.6. The fourth-order valence-corrected chi connectivity index (χ4v) is 2.10. The maximum Gasteiger partial charge on any atom is 0.257 e. The van der Waals surface area contributed by atoms with Gasteiger partial charge in [-0.3, -0.25) is 4.79 Å². The van der Waals surface area contributed by atoms with Gasteiger partial charge < -0.3 is 20.9 Å². The van der Waals surface area contributed by atoms with Crippen molar-refractivity contribution in [2.75, 3.05) is 18.1 Å². The van der Waals surface area contributed by atoms with Crippen LogP contribution in [0.1, 0.15) is 16.2 Å². The van der Waals surface area contributed by atoms with Crippen LogP contribution in [0.5, 0.6) is 0 Å². The van der Waals surface area contributed by atoms with E-state index in [-0.39, 0.29) is 11.7 Å². The first-order valence-corrected chi connectivity index (χ1v) is 5.94. The number of hydrogen-bond acceptors (Lipinski definition) is 7. The Morgan fingerprint density at radius 1 is 1.61 bits per heavy atom. The molecule has 1 amide bonds. The van der Waals surface area contributed by atoms with Crippen molar-refractivity contribution in [1.82, 2.24) is 24.5 Å². The van der Waals surface area contributed by atoms with E-state index in [0.29, 0.717) is 17.1 Å². The summed E-state index contributed by atoms with van der Waals surface area (Å²) >= 11 is 1.14. The van der Waals surface area contributed by atoms with Gasteiger partial charge in [0, 0.05) is 14.1 Å². The Bertz CT molecular complexity index is 561. The first-order chi connectivity index (χ1) is 8.63. The van der Waals surface area contributed by atoms with Crippen LogP contribution in [-0.2, 0) is 13.6 Å². The molecule has 96 valence electrons. The summed E-state index contributed by atoms with van der Waals surface area (Å²) < 4.78 is 5.75. The van der Waals surface area contributed by atoms with E-state index in [9.17, 15) is 4.79 Å². The van der Waals surface area contributed by atoms with E-state index in [2.05, 4.69) is 25.2 Å². The molecule has 0 aliphatic carbocycles. The second-order valence-corrected chi connectivity index (χ2v) is 4.34. The van der Waals surface area contributed by atoms with Crippen molar-refractivity contribution in [2.24, 2.45) is 7.05 Å². The molecule has 0 radical (unpaired) electrons. The van der Waals surface area contributed by atoms with E-state index in [1.54, 1.807) is 17.9 Å². The molecule has 0 spiro atoms. The Morgan fingerprint density at radius 3 is 3.00 bits per heavy atom. The highest BCUT2D eigenvalue weighted by Crippen LogP contribution is 2.26. The lowest BCUT2D eigenvalue weighted by Crippen LogP contribution is -2.20. The molecule has 2 heterocycles. The second kappa shape index (κ2) is 5.00. The summed E-state index contributed by atoms with van der Waals surface area (Å²) in [6, 6.07) is 0. The molecule has 0 aromatic carbocycles. The van der Waals surface area contributed by atoms with Gasteiger partial charge >= 0.3 is 0 Å². The van der Waals surface area contributed by atoms with Crippen LogP contribution < -0.4 is 16.4 Å². The lowest BCUT2D eigenvalue weighted by Gasteiger charge is -2.05. The molecule has 18 heavy (non-hydrogen) atoms. The van der Waals surface area contributed by atoms with Gasteiger partial charge in [0.1, 0.15) is 16.9 Å². The third kappa shape index (κ3) is 2.25. The van der Waals surface area contributed by atoms with Crippen LogP contribution in [-0.4, -0.2) is 32.1 Å². The average molecular weight is 267 g/mol. The van der Waals surface area contributed by atoms with Crippen LogP contribution >= 0.6 is 11.5 Å². The lowest BCUT2D eigenvalue weighted by molar-refractivity contribution is 0.0965. The molecule has 9 heteroatoms. The van der Waals surface area contributed by atoms with E-state index in [1.165, 1.54) is 0 Å². The zero-order valence-electron chi connectivity index (χ0n) is 9.97. The Labute approximate surface area is 107 Å². The summed E-state index contributed by atoms with van der Waals surface area (Å²) in [5, 5.41) is 13.9. The van der Waals surface area contributed by atoms with Crippen LogP contribution in [0.25, 0.3) is 0 Å². The van der Waals surface area contributed by atoms with Crippen LogP contribution in [0.2, 0.25) is 0 Å². The summed E-state index contributed by atoms with van der Waals surface area (Å²) in [6.07, 6.45) is 1.61. The number of carbonyl (C=O) groups is 1. The van der Waals surface area contributed by atoms with Gasteiger partial charge in [0.2, 0.25) is 0 Å². The second-order valence-electron chi connectivity index (χ2n) is 3.56. The standard InChI is InChI=1S/C9H13N7OS/c1-11-8(17)6-7(10)15-18-9(6)12-3-5-14-13-4-16(5)2/h4,12H,3H2,1-2H3,(H2,10,15)(H,11,17). The summed E-state index contributed by atoms with van der Waals surface area (Å²) in [5.41, 5.74) is 6.03. The van der Waals surface area contributed by atoms with Crippen molar-refractivity contribution in [3.63, 3.8) is 0 Å². The quantitative estimate of drug-likeness (QED) is 0.709. The molecule has 2 aromatic rings. The van der Waals surface area contributed by atoms with Crippen molar-refractivity contribution in [3.05, 3.63) is 17.7 Å². The minimum atomic E-state index is -0.262. The molecule has 2 rings (SSSR count). The molecular formula is C9H13N7OS. The molecule has 0 fully saturated rings. The van der Waals surface area contributed by atoms with Gasteiger partial charge in [0.05, 0.1) is 6.54 Å². The Morgan fingerprint density at radius 2 is 2.39 bits per heavy atom. The Hall–Kier alpha value is -2.16. The van der Waals surface area contributed by atoms with Crippen LogP contribution in [0, 0.1) is 0 Å². The minimum Gasteiger partial charge on any atom is -0.382 e. The number of amides is 1. The van der Waals surface area contributed by atoms with E-state index in [4.69, 9.17) is 5.73 Å². The number of rotatable bonds is 4. The van der Waals surface area contributed by atoms with E-state index < -0.39 is 0 Å². The first kappa shape index (κ1) is 12.3. The van der Waals surface area contributed by atoms with Crippen molar-refractivity contribution in [2.45, 2.75) is 6.54 Å². The number of nitrogens with two attached hydrogens (primary N) is 1. The molecule has 0 aliphatic rings. The van der Waals surface area contributed by atoms with E-state index in [0.717, 1.165) is 17.4 Å². The fraction of sp³-hybridized carbons (Fsp3) is 0.333. The van der Waals surface area contributed by atoms with Gasteiger partial charge in [-0.2, -0.15) is 4.37 Å². The highest BCUT2D eigenvalue weighted by atomic mass is 32.1. The third-order valence-corrected chi connectivity index (χ3v) is 3.20. The number of aromatic nitrogens is 4. The molecule has 0 unspecified atom stereocenters. The summed E-state index contributed by atoms with van der Waals surface area (Å²) in [7, 11) is 3.39. The smallest absolute Gasteiger partial charge is 0.257 e. The first-order valence-electron chi connectivity index (χ1n) is 5.17. The van der Waals surface area contributed by atoms with Crippen molar-refractivity contribution in [1.29, 1.82) is 0 Å². The predicted octanol–water partition coefficient (Wildman–Crippen LogP) is -0.175. The van der Waals surface area contributed by atoms with E-state index in [1.807, 2.05) is 7.05 Å². The number of aryl methyl sites for hydroxylation is 1. The zero-order chi connectivity index (χ0) is 13.1. The molecule has 2 aromatic heterocycles. The average Bonchev–Trinajstić information content (AvgIpc) is 2.92. The molecule has 4 N–H and O–H groups in total. The minimum absolute atomic E-state index is 0.222. The lowest BCUT2D eigenvalue weighted by atomic mass is 10.3. The topological polar surface area (TPSA) is 111 Å². The highest BCUT2D eigenvalue weighted by Gasteiger charge is 2.18. The van der Waals surface area contributed by atoms with Crippen molar-refractivity contribution in [3.8, 4) is 0 Å². The molecule has 0 aliphatic heterocycles. The number of nitrogens with one attached hydrogen (secondary N) is 2. The monoisotopic (exact) mass is 267 g/mol. The summed E-state index contributed by atoms with van der Waals surface area (Å²) in [5.74, 6) is 0.714. The molecule has 0 saturated carbocycles. The number of hydrogen-bond donors (Lipinski definition) is 3. The van der Waals surface area contributed by atoms with Crippen molar-refractivity contribution >= 4 is 28.3 Å². The van der Waals surface area contributed by atoms with Crippen molar-refractivity contribution < 1.29 is 4.79 Å². The largest absolute Gasteiger partial charge is 0.382 e. The third-order valence-electron chi connectivity index (χ3n) is 2.38. The molecular weight excluding hydrogens is 254 g/mol. The number of nitrogen functional groups attached to an aromatic ring is 1. The molecule has 0 bridgehead atoms. The fourth-order valence-electron chi connectivity index (χ4n) is 1.39. The van der Waals surface area contributed by atoms with Gasteiger partial charge in [-0.1, -0.05) is 0 Å². The normalized spacial score (nSPS) is 10.3. The summed E-state index contributed by atoms with van der Waals surface area (Å²) in [6.45, 7) is 0.447. The molecule has 0 atom stereocenters.